The topological polar surface area (TPSA) is 51.0 Å². The summed E-state index contributed by atoms with van der Waals surface area (Å²) in [5.74, 6) is 0.887. The summed E-state index contributed by atoms with van der Waals surface area (Å²) in [7, 11) is -3.51. The standard InChI is InChI=1S/C19H23ClN2O3S/c20-18-9-4-5-10-19(18)26(23,24)22-14-12-21(13-15-22)11-6-16-25-17-7-2-1-3-8-17/h1-5,7-10H,6,11-16H2/p+1. The van der Waals surface area contributed by atoms with E-state index in [9.17, 15) is 8.42 Å². The van der Waals surface area contributed by atoms with E-state index in [0.717, 1.165) is 31.8 Å². The van der Waals surface area contributed by atoms with Gasteiger partial charge in [-0.25, -0.2) is 8.42 Å². The summed E-state index contributed by atoms with van der Waals surface area (Å²) >= 11 is 6.07. The van der Waals surface area contributed by atoms with Gasteiger partial charge in [0.25, 0.3) is 0 Å². The lowest BCUT2D eigenvalue weighted by Crippen LogP contribution is -3.14. The number of rotatable bonds is 7. The summed E-state index contributed by atoms with van der Waals surface area (Å²) in [5, 5.41) is 0.278. The van der Waals surface area contributed by atoms with Crippen molar-refractivity contribution in [1.29, 1.82) is 0 Å². The zero-order chi connectivity index (χ0) is 18.4. The van der Waals surface area contributed by atoms with Crippen molar-refractivity contribution in [1.82, 2.24) is 4.31 Å². The highest BCUT2D eigenvalue weighted by Gasteiger charge is 2.31. The first-order chi connectivity index (χ1) is 12.6. The van der Waals surface area contributed by atoms with Crippen LogP contribution in [0.5, 0.6) is 5.75 Å². The smallest absolute Gasteiger partial charge is 0.244 e. The Bertz CT molecular complexity index is 807. The van der Waals surface area contributed by atoms with Gasteiger partial charge in [-0.3, -0.25) is 0 Å². The van der Waals surface area contributed by atoms with Gasteiger partial charge in [0.2, 0.25) is 10.0 Å². The number of quaternary nitrogens is 1. The van der Waals surface area contributed by atoms with Crippen molar-refractivity contribution in [2.45, 2.75) is 11.3 Å². The van der Waals surface area contributed by atoms with Crippen LogP contribution in [0.3, 0.4) is 0 Å². The molecule has 0 aliphatic carbocycles. The van der Waals surface area contributed by atoms with Crippen molar-refractivity contribution < 1.29 is 18.1 Å². The van der Waals surface area contributed by atoms with Gasteiger partial charge in [-0.05, 0) is 24.3 Å². The molecule has 0 bridgehead atoms. The van der Waals surface area contributed by atoms with Gasteiger partial charge in [0.1, 0.15) is 10.6 Å². The van der Waals surface area contributed by atoms with E-state index in [1.807, 2.05) is 30.3 Å². The molecule has 1 aliphatic rings. The van der Waals surface area contributed by atoms with Gasteiger partial charge >= 0.3 is 0 Å². The van der Waals surface area contributed by atoms with Crippen LogP contribution in [0.4, 0.5) is 0 Å². The minimum atomic E-state index is -3.51. The van der Waals surface area contributed by atoms with Gasteiger partial charge in [0, 0.05) is 6.42 Å². The molecule has 1 heterocycles. The van der Waals surface area contributed by atoms with Crippen LogP contribution < -0.4 is 9.64 Å². The number of piperazine rings is 1. The molecule has 7 heteroatoms. The number of hydrogen-bond acceptors (Lipinski definition) is 3. The quantitative estimate of drug-likeness (QED) is 0.726. The third-order valence-electron chi connectivity index (χ3n) is 4.57. The first-order valence-electron chi connectivity index (χ1n) is 8.83. The summed E-state index contributed by atoms with van der Waals surface area (Å²) in [6.07, 6.45) is 0.946. The highest BCUT2D eigenvalue weighted by molar-refractivity contribution is 7.89. The predicted molar refractivity (Wildman–Crippen MR) is 102 cm³/mol. The lowest BCUT2D eigenvalue weighted by atomic mass is 10.3. The molecule has 0 radical (unpaired) electrons. The fourth-order valence-electron chi connectivity index (χ4n) is 3.11. The van der Waals surface area contributed by atoms with E-state index in [1.165, 1.54) is 9.21 Å². The number of para-hydroxylation sites is 1. The van der Waals surface area contributed by atoms with Gasteiger partial charge in [-0.15, -0.1) is 0 Å². The highest BCUT2D eigenvalue weighted by Crippen LogP contribution is 2.24. The van der Waals surface area contributed by atoms with Crippen molar-refractivity contribution in [2.24, 2.45) is 0 Å². The molecule has 1 saturated heterocycles. The molecular weight excluding hydrogens is 372 g/mol. The third kappa shape index (κ3) is 4.76. The van der Waals surface area contributed by atoms with Gasteiger partial charge in [-0.1, -0.05) is 41.9 Å². The molecule has 0 unspecified atom stereocenters. The van der Waals surface area contributed by atoms with Crippen molar-refractivity contribution >= 4 is 21.6 Å². The number of ether oxygens (including phenoxy) is 1. The molecule has 2 aromatic carbocycles. The molecule has 0 spiro atoms. The Kier molecular flexibility index (Phi) is 6.53. The summed E-state index contributed by atoms with van der Waals surface area (Å²) in [6, 6.07) is 16.4. The number of benzene rings is 2. The minimum Gasteiger partial charge on any atom is -0.493 e. The molecule has 1 N–H and O–H groups in total. The zero-order valence-corrected chi connectivity index (χ0v) is 16.2. The van der Waals surface area contributed by atoms with Gasteiger partial charge < -0.3 is 9.64 Å². The number of nitrogens with zero attached hydrogens (tertiary/aromatic N) is 1. The van der Waals surface area contributed by atoms with E-state index < -0.39 is 10.0 Å². The Morgan fingerprint density at radius 3 is 2.35 bits per heavy atom. The third-order valence-corrected chi connectivity index (χ3v) is 6.97. The van der Waals surface area contributed by atoms with Crippen LogP contribution in [0, 0.1) is 0 Å². The second kappa shape index (κ2) is 8.86. The second-order valence-electron chi connectivity index (χ2n) is 6.35. The van der Waals surface area contributed by atoms with E-state index in [-0.39, 0.29) is 9.92 Å². The maximum absolute atomic E-state index is 12.7. The molecule has 0 saturated carbocycles. The summed E-state index contributed by atoms with van der Waals surface area (Å²) in [5.41, 5.74) is 0. The monoisotopic (exact) mass is 395 g/mol. The molecule has 3 rings (SSSR count). The first kappa shape index (κ1) is 19.2. The Morgan fingerprint density at radius 1 is 1.00 bits per heavy atom. The summed E-state index contributed by atoms with van der Waals surface area (Å²) < 4.78 is 32.7. The molecule has 1 aliphatic heterocycles. The zero-order valence-electron chi connectivity index (χ0n) is 14.6. The SMILES string of the molecule is O=S(=O)(c1ccccc1Cl)N1CC[NH+](CCCOc2ccccc2)CC1. The summed E-state index contributed by atoms with van der Waals surface area (Å²) in [6.45, 7) is 4.29. The molecule has 1 fully saturated rings. The van der Waals surface area contributed by atoms with E-state index in [4.69, 9.17) is 16.3 Å². The Balaban J connectivity index is 1.45. The lowest BCUT2D eigenvalue weighted by Gasteiger charge is -2.31. The maximum atomic E-state index is 12.7. The minimum absolute atomic E-state index is 0.196. The van der Waals surface area contributed by atoms with Crippen molar-refractivity contribution in [3.05, 3.63) is 59.6 Å². The molecular formula is C19H24ClN2O3S+. The van der Waals surface area contributed by atoms with Crippen LogP contribution in [0.15, 0.2) is 59.5 Å². The summed E-state index contributed by atoms with van der Waals surface area (Å²) in [4.78, 5) is 1.61. The fraction of sp³-hybridized carbons (Fsp3) is 0.368. The van der Waals surface area contributed by atoms with Crippen LogP contribution in [0.2, 0.25) is 5.02 Å². The van der Waals surface area contributed by atoms with Crippen LogP contribution >= 0.6 is 11.6 Å². The molecule has 0 aromatic heterocycles. The molecule has 0 amide bonds. The normalized spacial score (nSPS) is 16.5. The largest absolute Gasteiger partial charge is 0.493 e. The Hall–Kier alpha value is -1.60. The Labute approximate surface area is 160 Å². The lowest BCUT2D eigenvalue weighted by molar-refractivity contribution is -0.903. The van der Waals surface area contributed by atoms with E-state index in [0.29, 0.717) is 19.7 Å². The van der Waals surface area contributed by atoms with Crippen LogP contribution in [-0.2, 0) is 10.0 Å². The number of sulfonamides is 1. The van der Waals surface area contributed by atoms with Crippen LogP contribution in [-0.4, -0.2) is 52.1 Å². The highest BCUT2D eigenvalue weighted by atomic mass is 35.5. The molecule has 5 nitrogen and oxygen atoms in total. The van der Waals surface area contributed by atoms with E-state index >= 15 is 0 Å². The van der Waals surface area contributed by atoms with Crippen molar-refractivity contribution in [3.8, 4) is 5.75 Å². The van der Waals surface area contributed by atoms with Gasteiger partial charge in [0.05, 0.1) is 44.4 Å². The first-order valence-corrected chi connectivity index (χ1v) is 10.7. The molecule has 26 heavy (non-hydrogen) atoms. The van der Waals surface area contributed by atoms with Crippen LogP contribution in [0.25, 0.3) is 0 Å². The van der Waals surface area contributed by atoms with Crippen LogP contribution in [0.1, 0.15) is 6.42 Å². The number of halogens is 1. The van der Waals surface area contributed by atoms with E-state index in [2.05, 4.69) is 0 Å². The number of hydrogen-bond donors (Lipinski definition) is 1. The average Bonchev–Trinajstić information content (AvgIpc) is 2.67. The molecule has 2 aromatic rings. The maximum Gasteiger partial charge on any atom is 0.244 e. The molecule has 140 valence electrons. The van der Waals surface area contributed by atoms with Gasteiger partial charge in [0.15, 0.2) is 0 Å². The van der Waals surface area contributed by atoms with Gasteiger partial charge in [-0.2, -0.15) is 4.31 Å². The molecule has 0 atom stereocenters. The van der Waals surface area contributed by atoms with E-state index in [1.54, 1.807) is 24.3 Å². The Morgan fingerprint density at radius 2 is 1.65 bits per heavy atom. The second-order valence-corrected chi connectivity index (χ2v) is 8.66. The van der Waals surface area contributed by atoms with Crippen molar-refractivity contribution in [3.63, 3.8) is 0 Å². The predicted octanol–water partition coefficient (Wildman–Crippen LogP) is 1.70. The number of nitrogens with one attached hydrogen (secondary N) is 1. The fourth-order valence-corrected chi connectivity index (χ4v) is 5.05. The average molecular weight is 396 g/mol. The van der Waals surface area contributed by atoms with Crippen molar-refractivity contribution in [2.75, 3.05) is 39.3 Å².